The van der Waals surface area contributed by atoms with Crippen LogP contribution in [0.4, 0.5) is 0 Å². The van der Waals surface area contributed by atoms with Crippen molar-refractivity contribution >= 4 is 15.9 Å². The molecule has 0 aliphatic carbocycles. The number of benzene rings is 1. The third kappa shape index (κ3) is 2.56. The van der Waals surface area contributed by atoms with Crippen LogP contribution < -0.4 is 0 Å². The summed E-state index contributed by atoms with van der Waals surface area (Å²) in [6, 6.07) is 6.03. The van der Waals surface area contributed by atoms with Gasteiger partial charge in [0.05, 0.1) is 18.0 Å². The molecular formula is C12H14BrN3O. The molecule has 0 spiro atoms. The second-order valence-electron chi connectivity index (χ2n) is 3.89. The molecule has 90 valence electrons. The van der Waals surface area contributed by atoms with E-state index >= 15 is 0 Å². The molecule has 4 nitrogen and oxygen atoms in total. The number of aryl methyl sites for hydroxylation is 1. The summed E-state index contributed by atoms with van der Waals surface area (Å²) in [6.07, 6.45) is 2.08. The maximum absolute atomic E-state index is 9.43. The second kappa shape index (κ2) is 4.98. The second-order valence-corrected chi connectivity index (χ2v) is 4.81. The minimum absolute atomic E-state index is 0.579. The molecule has 17 heavy (non-hydrogen) atoms. The van der Waals surface area contributed by atoms with Gasteiger partial charge >= 0.3 is 0 Å². The van der Waals surface area contributed by atoms with Gasteiger partial charge in [0, 0.05) is 4.47 Å². The van der Waals surface area contributed by atoms with Crippen LogP contribution in [0.15, 0.2) is 28.9 Å². The van der Waals surface area contributed by atoms with Crippen LogP contribution in [0.1, 0.15) is 31.2 Å². The van der Waals surface area contributed by atoms with Gasteiger partial charge in [-0.2, -0.15) is 0 Å². The molecule has 1 heterocycles. The molecule has 0 radical (unpaired) electrons. The van der Waals surface area contributed by atoms with Crippen LogP contribution >= 0.6 is 15.9 Å². The molecule has 1 unspecified atom stereocenters. The lowest BCUT2D eigenvalue weighted by atomic mass is 10.1. The van der Waals surface area contributed by atoms with E-state index in [9.17, 15) is 5.11 Å². The third-order valence-electron chi connectivity index (χ3n) is 2.61. The molecule has 0 bridgehead atoms. The Morgan fingerprint density at radius 1 is 1.47 bits per heavy atom. The highest BCUT2D eigenvalue weighted by Gasteiger charge is 2.10. The molecule has 1 atom stereocenters. The summed E-state index contributed by atoms with van der Waals surface area (Å²) in [5, 5.41) is 17.4. The highest BCUT2D eigenvalue weighted by Crippen LogP contribution is 2.21. The summed E-state index contributed by atoms with van der Waals surface area (Å²) < 4.78 is 2.75. The van der Waals surface area contributed by atoms with Crippen molar-refractivity contribution in [2.75, 3.05) is 0 Å². The van der Waals surface area contributed by atoms with Crippen molar-refractivity contribution in [3.05, 3.63) is 40.1 Å². The molecule has 0 aliphatic rings. The molecule has 5 heteroatoms. The number of halogens is 1. The van der Waals surface area contributed by atoms with Crippen LogP contribution in [0.2, 0.25) is 0 Å². The summed E-state index contributed by atoms with van der Waals surface area (Å²) in [5.74, 6) is 0. The minimum atomic E-state index is -0.593. The fourth-order valence-corrected chi connectivity index (χ4v) is 2.06. The first-order valence-electron chi connectivity index (χ1n) is 5.51. The van der Waals surface area contributed by atoms with Gasteiger partial charge in [-0.05, 0) is 37.1 Å². The Balaban J connectivity index is 2.44. The van der Waals surface area contributed by atoms with Crippen LogP contribution in [0.25, 0.3) is 5.69 Å². The predicted octanol–water partition coefficient (Wildman–Crippen LogP) is 2.65. The Labute approximate surface area is 108 Å². The van der Waals surface area contributed by atoms with Crippen molar-refractivity contribution in [2.24, 2.45) is 0 Å². The van der Waals surface area contributed by atoms with Crippen molar-refractivity contribution < 1.29 is 5.11 Å². The SMILES string of the molecule is CCc1cc(Br)ccc1-n1cc(C(C)O)nn1. The molecule has 0 fully saturated rings. The predicted molar refractivity (Wildman–Crippen MR) is 69.1 cm³/mol. The zero-order valence-corrected chi connectivity index (χ0v) is 11.3. The first-order valence-corrected chi connectivity index (χ1v) is 6.30. The normalized spacial score (nSPS) is 12.7. The monoisotopic (exact) mass is 295 g/mol. The van der Waals surface area contributed by atoms with Crippen molar-refractivity contribution in [3.8, 4) is 5.69 Å². The summed E-state index contributed by atoms with van der Waals surface area (Å²) in [6.45, 7) is 3.77. The summed E-state index contributed by atoms with van der Waals surface area (Å²) >= 11 is 3.45. The number of aromatic nitrogens is 3. The number of aliphatic hydroxyl groups excluding tert-OH is 1. The fraction of sp³-hybridized carbons (Fsp3) is 0.333. The van der Waals surface area contributed by atoms with Gasteiger partial charge in [0.15, 0.2) is 0 Å². The minimum Gasteiger partial charge on any atom is -0.387 e. The van der Waals surface area contributed by atoms with Crippen molar-refractivity contribution in [2.45, 2.75) is 26.4 Å². The van der Waals surface area contributed by atoms with E-state index in [1.54, 1.807) is 17.8 Å². The lowest BCUT2D eigenvalue weighted by Gasteiger charge is -2.07. The number of rotatable bonds is 3. The number of aliphatic hydroxyl groups is 1. The molecule has 0 aliphatic heterocycles. The molecule has 1 N–H and O–H groups in total. The van der Waals surface area contributed by atoms with Gasteiger partial charge in [0.25, 0.3) is 0 Å². The third-order valence-corrected chi connectivity index (χ3v) is 3.10. The number of nitrogens with zero attached hydrogens (tertiary/aromatic N) is 3. The highest BCUT2D eigenvalue weighted by atomic mass is 79.9. The lowest BCUT2D eigenvalue weighted by Crippen LogP contribution is -1.99. The lowest BCUT2D eigenvalue weighted by molar-refractivity contribution is 0.194. The largest absolute Gasteiger partial charge is 0.387 e. The molecule has 2 aromatic rings. The van der Waals surface area contributed by atoms with E-state index in [1.807, 2.05) is 12.1 Å². The molecule has 1 aromatic heterocycles. The van der Waals surface area contributed by atoms with E-state index < -0.39 is 6.10 Å². The van der Waals surface area contributed by atoms with E-state index in [0.717, 1.165) is 16.6 Å². The van der Waals surface area contributed by atoms with E-state index in [-0.39, 0.29) is 0 Å². The first kappa shape index (κ1) is 12.3. The van der Waals surface area contributed by atoms with Crippen molar-refractivity contribution in [1.82, 2.24) is 15.0 Å². The van der Waals surface area contributed by atoms with Gasteiger partial charge in [-0.15, -0.1) is 5.10 Å². The van der Waals surface area contributed by atoms with Gasteiger partial charge in [0.1, 0.15) is 5.69 Å². The standard InChI is InChI=1S/C12H14BrN3O/c1-3-9-6-10(13)4-5-12(9)16-7-11(8(2)17)14-15-16/h4-8,17H,3H2,1-2H3. The zero-order valence-electron chi connectivity index (χ0n) is 9.76. The molecule has 0 amide bonds. The summed E-state index contributed by atoms with van der Waals surface area (Å²) in [4.78, 5) is 0. The maximum Gasteiger partial charge on any atom is 0.111 e. The molecule has 1 aromatic carbocycles. The first-order chi connectivity index (χ1) is 8.11. The number of hydrogen-bond acceptors (Lipinski definition) is 3. The average molecular weight is 296 g/mol. The smallest absolute Gasteiger partial charge is 0.111 e. The van der Waals surface area contributed by atoms with Crippen LogP contribution in [-0.2, 0) is 6.42 Å². The average Bonchev–Trinajstić information content (AvgIpc) is 2.78. The van der Waals surface area contributed by atoms with Crippen LogP contribution in [0, 0.1) is 0 Å². The molecule has 0 saturated carbocycles. The van der Waals surface area contributed by atoms with Gasteiger partial charge in [-0.1, -0.05) is 28.1 Å². The van der Waals surface area contributed by atoms with Crippen LogP contribution in [0.5, 0.6) is 0 Å². The van der Waals surface area contributed by atoms with Crippen molar-refractivity contribution in [3.63, 3.8) is 0 Å². The van der Waals surface area contributed by atoms with E-state index in [4.69, 9.17) is 0 Å². The molecule has 2 rings (SSSR count). The Morgan fingerprint density at radius 2 is 2.24 bits per heavy atom. The van der Waals surface area contributed by atoms with Gasteiger partial charge in [0.2, 0.25) is 0 Å². The Hall–Kier alpha value is -1.20. The van der Waals surface area contributed by atoms with Gasteiger partial charge in [-0.3, -0.25) is 0 Å². The van der Waals surface area contributed by atoms with E-state index in [1.165, 1.54) is 5.56 Å². The Kier molecular flexibility index (Phi) is 3.59. The van der Waals surface area contributed by atoms with Crippen LogP contribution in [0.3, 0.4) is 0 Å². The summed E-state index contributed by atoms with van der Waals surface area (Å²) in [5.41, 5.74) is 2.76. The Bertz CT molecular complexity index is 522. The molecule has 0 saturated heterocycles. The number of hydrogen-bond donors (Lipinski definition) is 1. The topological polar surface area (TPSA) is 50.9 Å². The maximum atomic E-state index is 9.43. The van der Waals surface area contributed by atoms with E-state index in [0.29, 0.717) is 5.69 Å². The molecular weight excluding hydrogens is 282 g/mol. The van der Waals surface area contributed by atoms with Crippen LogP contribution in [-0.4, -0.2) is 20.1 Å². The fourth-order valence-electron chi connectivity index (χ4n) is 1.65. The zero-order chi connectivity index (χ0) is 12.4. The van der Waals surface area contributed by atoms with E-state index in [2.05, 4.69) is 39.2 Å². The van der Waals surface area contributed by atoms with Gasteiger partial charge in [-0.25, -0.2) is 4.68 Å². The quantitative estimate of drug-likeness (QED) is 0.947. The Morgan fingerprint density at radius 3 is 2.82 bits per heavy atom. The summed E-state index contributed by atoms with van der Waals surface area (Å²) in [7, 11) is 0. The van der Waals surface area contributed by atoms with Gasteiger partial charge < -0.3 is 5.11 Å². The highest BCUT2D eigenvalue weighted by molar-refractivity contribution is 9.10. The van der Waals surface area contributed by atoms with Crippen molar-refractivity contribution in [1.29, 1.82) is 0 Å².